The van der Waals surface area contributed by atoms with Gasteiger partial charge < -0.3 is 10.5 Å². The van der Waals surface area contributed by atoms with E-state index in [9.17, 15) is 4.39 Å². The Bertz CT molecular complexity index is 301. The van der Waals surface area contributed by atoms with Gasteiger partial charge in [0.15, 0.2) is 0 Å². The molecule has 64 valence electrons. The number of rotatable bonds is 1. The smallest absolute Gasteiger partial charge is 0.123 e. The Morgan fingerprint density at radius 1 is 1.58 bits per heavy atom. The third-order valence-corrected chi connectivity index (χ3v) is 2.03. The second kappa shape index (κ2) is 2.75. The lowest BCUT2D eigenvalue weighted by Gasteiger charge is -2.05. The fourth-order valence-electron chi connectivity index (χ4n) is 1.42. The summed E-state index contributed by atoms with van der Waals surface area (Å²) >= 11 is 0. The Morgan fingerprint density at radius 2 is 2.42 bits per heavy atom. The SMILES string of the molecule is NCC1Cc2cc(F)ccc2O1. The second-order valence-corrected chi connectivity index (χ2v) is 2.93. The monoisotopic (exact) mass is 167 g/mol. The summed E-state index contributed by atoms with van der Waals surface area (Å²) in [5, 5.41) is 0. The number of hydrogen-bond acceptors (Lipinski definition) is 2. The van der Waals surface area contributed by atoms with Crippen molar-refractivity contribution in [1.29, 1.82) is 0 Å². The summed E-state index contributed by atoms with van der Waals surface area (Å²) in [6, 6.07) is 4.56. The molecule has 1 unspecified atom stereocenters. The number of nitrogens with two attached hydrogens (primary N) is 1. The van der Waals surface area contributed by atoms with Gasteiger partial charge in [-0.25, -0.2) is 4.39 Å². The summed E-state index contributed by atoms with van der Waals surface area (Å²) < 4.78 is 18.1. The summed E-state index contributed by atoms with van der Waals surface area (Å²) in [6.07, 6.45) is 0.755. The predicted molar refractivity (Wildman–Crippen MR) is 43.6 cm³/mol. The van der Waals surface area contributed by atoms with Crippen LogP contribution < -0.4 is 10.5 Å². The topological polar surface area (TPSA) is 35.2 Å². The predicted octanol–water partition coefficient (Wildman–Crippen LogP) is 1.09. The van der Waals surface area contributed by atoms with Crippen molar-refractivity contribution < 1.29 is 9.13 Å². The Morgan fingerprint density at radius 3 is 3.17 bits per heavy atom. The molecule has 0 aromatic heterocycles. The molecular weight excluding hydrogens is 157 g/mol. The molecule has 1 aromatic carbocycles. The molecule has 0 bridgehead atoms. The molecule has 2 rings (SSSR count). The Kier molecular flexibility index (Phi) is 1.73. The van der Waals surface area contributed by atoms with Gasteiger partial charge in [-0.15, -0.1) is 0 Å². The molecule has 12 heavy (non-hydrogen) atoms. The van der Waals surface area contributed by atoms with E-state index in [1.54, 1.807) is 6.07 Å². The Balaban J connectivity index is 2.30. The zero-order valence-corrected chi connectivity index (χ0v) is 6.59. The van der Waals surface area contributed by atoms with Crippen molar-refractivity contribution in [2.24, 2.45) is 5.73 Å². The molecule has 0 spiro atoms. The van der Waals surface area contributed by atoms with Crippen LogP contribution in [-0.2, 0) is 6.42 Å². The lowest BCUT2D eigenvalue weighted by molar-refractivity contribution is 0.241. The van der Waals surface area contributed by atoms with Crippen LogP contribution in [-0.4, -0.2) is 12.6 Å². The fourth-order valence-corrected chi connectivity index (χ4v) is 1.42. The van der Waals surface area contributed by atoms with E-state index in [4.69, 9.17) is 10.5 Å². The summed E-state index contributed by atoms with van der Waals surface area (Å²) in [7, 11) is 0. The van der Waals surface area contributed by atoms with Crippen molar-refractivity contribution in [3.8, 4) is 5.75 Å². The zero-order valence-electron chi connectivity index (χ0n) is 6.59. The number of ether oxygens (including phenoxy) is 1. The molecular formula is C9H10FNO. The Hall–Kier alpha value is -1.09. The molecule has 0 aliphatic carbocycles. The molecule has 0 radical (unpaired) electrons. The number of halogens is 1. The largest absolute Gasteiger partial charge is 0.488 e. The van der Waals surface area contributed by atoms with Gasteiger partial charge in [0.05, 0.1) is 0 Å². The van der Waals surface area contributed by atoms with E-state index in [1.165, 1.54) is 12.1 Å². The standard InChI is InChI=1S/C9H10FNO/c10-7-1-2-9-6(3-7)4-8(5-11)12-9/h1-3,8H,4-5,11H2. The van der Waals surface area contributed by atoms with Gasteiger partial charge in [0, 0.05) is 18.5 Å². The van der Waals surface area contributed by atoms with Crippen LogP contribution in [0, 0.1) is 5.82 Å². The minimum Gasteiger partial charge on any atom is -0.488 e. The van der Waals surface area contributed by atoms with Crippen molar-refractivity contribution in [2.45, 2.75) is 12.5 Å². The van der Waals surface area contributed by atoms with E-state index in [0.717, 1.165) is 17.7 Å². The normalized spacial score (nSPS) is 20.3. The van der Waals surface area contributed by atoms with Crippen LogP contribution in [0.4, 0.5) is 4.39 Å². The molecule has 1 aliphatic rings. The van der Waals surface area contributed by atoms with Crippen LogP contribution in [0.3, 0.4) is 0 Å². The van der Waals surface area contributed by atoms with E-state index in [-0.39, 0.29) is 11.9 Å². The van der Waals surface area contributed by atoms with Gasteiger partial charge in [-0.3, -0.25) is 0 Å². The van der Waals surface area contributed by atoms with Crippen LogP contribution in [0.25, 0.3) is 0 Å². The van der Waals surface area contributed by atoms with Crippen LogP contribution in [0.2, 0.25) is 0 Å². The number of hydrogen-bond donors (Lipinski definition) is 1. The molecule has 0 amide bonds. The molecule has 1 heterocycles. The molecule has 1 atom stereocenters. The lowest BCUT2D eigenvalue weighted by Crippen LogP contribution is -2.24. The molecule has 1 aliphatic heterocycles. The van der Waals surface area contributed by atoms with Gasteiger partial charge in [0.1, 0.15) is 17.7 Å². The minimum atomic E-state index is -0.213. The summed E-state index contributed by atoms with van der Waals surface area (Å²) in [5.41, 5.74) is 6.35. The highest BCUT2D eigenvalue weighted by Gasteiger charge is 2.21. The van der Waals surface area contributed by atoms with Gasteiger partial charge >= 0.3 is 0 Å². The fraction of sp³-hybridized carbons (Fsp3) is 0.333. The lowest BCUT2D eigenvalue weighted by atomic mass is 10.1. The third kappa shape index (κ3) is 1.16. The maximum absolute atomic E-state index is 12.7. The van der Waals surface area contributed by atoms with E-state index in [2.05, 4.69) is 0 Å². The van der Waals surface area contributed by atoms with E-state index in [1.807, 2.05) is 0 Å². The molecule has 0 saturated carbocycles. The Labute approximate surface area is 70.1 Å². The molecule has 1 aromatic rings. The first-order chi connectivity index (χ1) is 5.79. The van der Waals surface area contributed by atoms with Gasteiger partial charge in [0.25, 0.3) is 0 Å². The highest BCUT2D eigenvalue weighted by molar-refractivity contribution is 5.37. The highest BCUT2D eigenvalue weighted by Crippen LogP contribution is 2.28. The first-order valence-corrected chi connectivity index (χ1v) is 3.95. The first kappa shape index (κ1) is 7.55. The molecule has 0 saturated heterocycles. The van der Waals surface area contributed by atoms with E-state index in [0.29, 0.717) is 6.54 Å². The summed E-state index contributed by atoms with van der Waals surface area (Å²) in [4.78, 5) is 0. The second-order valence-electron chi connectivity index (χ2n) is 2.93. The van der Waals surface area contributed by atoms with Crippen molar-refractivity contribution >= 4 is 0 Å². The van der Waals surface area contributed by atoms with Crippen LogP contribution in [0.1, 0.15) is 5.56 Å². The third-order valence-electron chi connectivity index (χ3n) is 2.03. The molecule has 3 heteroatoms. The maximum atomic E-state index is 12.7. The molecule has 0 fully saturated rings. The van der Waals surface area contributed by atoms with E-state index < -0.39 is 0 Å². The summed E-state index contributed by atoms with van der Waals surface area (Å²) in [6.45, 7) is 0.482. The summed E-state index contributed by atoms with van der Waals surface area (Å²) in [5.74, 6) is 0.557. The minimum absolute atomic E-state index is 0.0294. The number of benzene rings is 1. The number of fused-ring (bicyclic) bond motifs is 1. The van der Waals surface area contributed by atoms with Gasteiger partial charge in [-0.05, 0) is 18.2 Å². The first-order valence-electron chi connectivity index (χ1n) is 3.95. The van der Waals surface area contributed by atoms with Crippen molar-refractivity contribution in [3.63, 3.8) is 0 Å². The highest BCUT2D eigenvalue weighted by atomic mass is 19.1. The van der Waals surface area contributed by atoms with Gasteiger partial charge in [-0.1, -0.05) is 0 Å². The van der Waals surface area contributed by atoms with Crippen LogP contribution in [0.15, 0.2) is 18.2 Å². The van der Waals surface area contributed by atoms with Crippen LogP contribution in [0.5, 0.6) is 5.75 Å². The van der Waals surface area contributed by atoms with Crippen molar-refractivity contribution in [1.82, 2.24) is 0 Å². The average molecular weight is 167 g/mol. The maximum Gasteiger partial charge on any atom is 0.123 e. The molecule has 2 N–H and O–H groups in total. The quantitative estimate of drug-likeness (QED) is 0.679. The molecule has 2 nitrogen and oxygen atoms in total. The van der Waals surface area contributed by atoms with Crippen molar-refractivity contribution in [2.75, 3.05) is 6.54 Å². The van der Waals surface area contributed by atoms with Gasteiger partial charge in [-0.2, -0.15) is 0 Å². The zero-order chi connectivity index (χ0) is 8.55. The van der Waals surface area contributed by atoms with E-state index >= 15 is 0 Å². The van der Waals surface area contributed by atoms with Crippen molar-refractivity contribution in [3.05, 3.63) is 29.6 Å². The average Bonchev–Trinajstić information content (AvgIpc) is 2.46. The van der Waals surface area contributed by atoms with Gasteiger partial charge in [0.2, 0.25) is 0 Å². The van der Waals surface area contributed by atoms with Crippen LogP contribution >= 0.6 is 0 Å².